The summed E-state index contributed by atoms with van der Waals surface area (Å²) >= 11 is 1.18. The van der Waals surface area contributed by atoms with Crippen LogP contribution in [0.5, 0.6) is 5.75 Å². The van der Waals surface area contributed by atoms with Crippen LogP contribution in [0.15, 0.2) is 40.0 Å². The van der Waals surface area contributed by atoms with Crippen LogP contribution in [0.3, 0.4) is 0 Å². The van der Waals surface area contributed by atoms with E-state index < -0.39 is 0 Å². The van der Waals surface area contributed by atoms with Gasteiger partial charge < -0.3 is 9.63 Å². The van der Waals surface area contributed by atoms with Crippen LogP contribution in [0, 0.1) is 6.92 Å². The first-order chi connectivity index (χ1) is 11.1. The molecule has 3 aromatic rings. The van der Waals surface area contributed by atoms with Gasteiger partial charge in [0.2, 0.25) is 16.9 Å². The summed E-state index contributed by atoms with van der Waals surface area (Å²) in [6.07, 6.45) is 0. The molecule has 0 spiro atoms. The molecule has 10 heteroatoms. The van der Waals surface area contributed by atoms with Crippen molar-refractivity contribution in [2.45, 2.75) is 12.1 Å². The molecule has 0 atom stereocenters. The molecule has 2 N–H and O–H groups in total. The van der Waals surface area contributed by atoms with Gasteiger partial charge in [0.15, 0.2) is 0 Å². The summed E-state index contributed by atoms with van der Waals surface area (Å²) < 4.78 is 6.40. The minimum absolute atomic E-state index is 0.109. The second-order valence-electron chi connectivity index (χ2n) is 4.56. The van der Waals surface area contributed by atoms with Crippen LogP contribution < -0.4 is 5.32 Å². The van der Waals surface area contributed by atoms with E-state index in [1.165, 1.54) is 28.6 Å². The van der Waals surface area contributed by atoms with E-state index in [4.69, 9.17) is 4.52 Å². The Bertz CT molecular complexity index is 813. The number of thioether (sulfide) groups is 1. The van der Waals surface area contributed by atoms with Crippen LogP contribution in [0.1, 0.15) is 5.69 Å². The molecule has 0 aliphatic carbocycles. The Kier molecular flexibility index (Phi) is 4.24. The maximum atomic E-state index is 11.9. The van der Waals surface area contributed by atoms with Crippen molar-refractivity contribution < 1.29 is 14.4 Å². The topological polar surface area (TPSA) is 119 Å². The summed E-state index contributed by atoms with van der Waals surface area (Å²) in [5, 5.41) is 27.4. The van der Waals surface area contributed by atoms with Crippen molar-refractivity contribution in [3.8, 4) is 11.4 Å². The monoisotopic (exact) mass is 332 g/mol. The number of rotatable bonds is 5. The molecule has 0 saturated heterocycles. The molecule has 0 unspecified atom stereocenters. The standard InChI is InChI=1S/C13H12N6O3S/c1-8-6-12(22-16-8)14-11(21)7-23-13-15-17-18-19(13)9-2-4-10(20)5-3-9/h2-6,20H,7H2,1H3,(H,14,21). The van der Waals surface area contributed by atoms with Crippen molar-refractivity contribution in [3.63, 3.8) is 0 Å². The number of nitrogens with zero attached hydrogens (tertiary/aromatic N) is 5. The number of hydrogen-bond acceptors (Lipinski definition) is 8. The number of carbonyl (C=O) groups excluding carboxylic acids is 1. The highest BCUT2D eigenvalue weighted by molar-refractivity contribution is 7.99. The van der Waals surface area contributed by atoms with Gasteiger partial charge >= 0.3 is 0 Å². The molecule has 118 valence electrons. The van der Waals surface area contributed by atoms with E-state index in [-0.39, 0.29) is 17.4 Å². The molecule has 1 aromatic carbocycles. The Labute approximate surface area is 134 Å². The fourth-order valence-corrected chi connectivity index (χ4v) is 2.44. The number of phenols is 1. The first-order valence-electron chi connectivity index (χ1n) is 6.55. The van der Waals surface area contributed by atoms with Gasteiger partial charge in [0.05, 0.1) is 17.1 Å². The van der Waals surface area contributed by atoms with E-state index in [9.17, 15) is 9.90 Å². The molecule has 3 rings (SSSR count). The van der Waals surface area contributed by atoms with Crippen molar-refractivity contribution >= 4 is 23.6 Å². The van der Waals surface area contributed by atoms with E-state index in [1.807, 2.05) is 0 Å². The molecular weight excluding hydrogens is 320 g/mol. The third-order valence-corrected chi connectivity index (χ3v) is 3.68. The molecule has 0 fully saturated rings. The second-order valence-corrected chi connectivity index (χ2v) is 5.50. The van der Waals surface area contributed by atoms with Crippen molar-refractivity contribution in [2.24, 2.45) is 0 Å². The van der Waals surface area contributed by atoms with Crippen LogP contribution in [-0.2, 0) is 4.79 Å². The van der Waals surface area contributed by atoms with E-state index in [0.717, 1.165) is 0 Å². The number of amides is 1. The molecule has 0 aliphatic heterocycles. The largest absolute Gasteiger partial charge is 0.508 e. The van der Waals surface area contributed by atoms with Crippen LogP contribution in [-0.4, -0.2) is 42.1 Å². The molecule has 23 heavy (non-hydrogen) atoms. The zero-order chi connectivity index (χ0) is 16.2. The van der Waals surface area contributed by atoms with Crippen LogP contribution in [0.25, 0.3) is 5.69 Å². The highest BCUT2D eigenvalue weighted by Gasteiger charge is 2.13. The molecule has 0 saturated carbocycles. The maximum absolute atomic E-state index is 11.9. The lowest BCUT2D eigenvalue weighted by atomic mass is 10.3. The number of tetrazole rings is 1. The Morgan fingerprint density at radius 2 is 2.17 bits per heavy atom. The minimum Gasteiger partial charge on any atom is -0.508 e. The molecule has 0 bridgehead atoms. The quantitative estimate of drug-likeness (QED) is 0.673. The van der Waals surface area contributed by atoms with Gasteiger partial charge in [0.25, 0.3) is 0 Å². The third kappa shape index (κ3) is 3.66. The fraction of sp³-hybridized carbons (Fsp3) is 0.154. The number of nitrogens with one attached hydrogen (secondary N) is 1. The van der Waals surface area contributed by atoms with Crippen molar-refractivity contribution in [1.82, 2.24) is 25.4 Å². The van der Waals surface area contributed by atoms with E-state index in [1.54, 1.807) is 25.1 Å². The molecule has 0 radical (unpaired) electrons. The van der Waals surface area contributed by atoms with Gasteiger partial charge in [-0.25, -0.2) is 0 Å². The predicted octanol–water partition coefficient (Wildman–Crippen LogP) is 1.40. The maximum Gasteiger partial charge on any atom is 0.237 e. The van der Waals surface area contributed by atoms with Gasteiger partial charge in [-0.1, -0.05) is 16.9 Å². The number of benzene rings is 1. The first-order valence-corrected chi connectivity index (χ1v) is 7.54. The average Bonchev–Trinajstić information content (AvgIpc) is 3.15. The summed E-state index contributed by atoms with van der Waals surface area (Å²) in [6.45, 7) is 1.76. The fourth-order valence-electron chi connectivity index (χ4n) is 1.75. The average molecular weight is 332 g/mol. The lowest BCUT2D eigenvalue weighted by Crippen LogP contribution is -2.14. The summed E-state index contributed by atoms with van der Waals surface area (Å²) in [4.78, 5) is 11.9. The summed E-state index contributed by atoms with van der Waals surface area (Å²) in [5.74, 6) is 0.300. The van der Waals surface area contributed by atoms with E-state index in [2.05, 4.69) is 26.0 Å². The number of hydrogen-bond donors (Lipinski definition) is 2. The lowest BCUT2D eigenvalue weighted by molar-refractivity contribution is -0.113. The van der Waals surface area contributed by atoms with Gasteiger partial charge in [-0.15, -0.1) is 5.10 Å². The van der Waals surface area contributed by atoms with Gasteiger partial charge in [-0.3, -0.25) is 10.1 Å². The minimum atomic E-state index is -0.258. The number of aryl methyl sites for hydroxylation is 1. The molecule has 1 amide bonds. The molecule has 0 aliphatic rings. The number of phenolic OH excluding ortho intramolecular Hbond substituents is 1. The van der Waals surface area contributed by atoms with Crippen molar-refractivity contribution in [3.05, 3.63) is 36.0 Å². The van der Waals surface area contributed by atoms with Gasteiger partial charge in [-0.05, 0) is 41.6 Å². The highest BCUT2D eigenvalue weighted by Crippen LogP contribution is 2.20. The number of carbonyl (C=O) groups is 1. The van der Waals surface area contributed by atoms with Gasteiger partial charge in [0, 0.05) is 6.07 Å². The Morgan fingerprint density at radius 1 is 1.39 bits per heavy atom. The van der Waals surface area contributed by atoms with Crippen molar-refractivity contribution in [1.29, 1.82) is 0 Å². The number of aromatic hydroxyl groups is 1. The lowest BCUT2D eigenvalue weighted by Gasteiger charge is -2.04. The SMILES string of the molecule is Cc1cc(NC(=O)CSc2nnnn2-c2ccc(O)cc2)on1. The second kappa shape index (κ2) is 6.48. The van der Waals surface area contributed by atoms with E-state index >= 15 is 0 Å². The zero-order valence-corrected chi connectivity index (χ0v) is 12.8. The molecule has 2 heterocycles. The third-order valence-electron chi connectivity index (χ3n) is 2.76. The summed E-state index contributed by atoms with van der Waals surface area (Å²) in [6, 6.07) is 8.04. The summed E-state index contributed by atoms with van der Waals surface area (Å²) in [7, 11) is 0. The highest BCUT2D eigenvalue weighted by atomic mass is 32.2. The molecule has 2 aromatic heterocycles. The van der Waals surface area contributed by atoms with Crippen LogP contribution in [0.4, 0.5) is 5.88 Å². The van der Waals surface area contributed by atoms with Crippen molar-refractivity contribution in [2.75, 3.05) is 11.1 Å². The predicted molar refractivity (Wildman–Crippen MR) is 81.4 cm³/mol. The number of aromatic nitrogens is 5. The smallest absolute Gasteiger partial charge is 0.237 e. The van der Waals surface area contributed by atoms with Crippen LogP contribution >= 0.6 is 11.8 Å². The normalized spacial score (nSPS) is 10.7. The van der Waals surface area contributed by atoms with Crippen LogP contribution in [0.2, 0.25) is 0 Å². The Morgan fingerprint density at radius 3 is 2.87 bits per heavy atom. The zero-order valence-electron chi connectivity index (χ0n) is 12.0. The Hall–Kier alpha value is -2.88. The van der Waals surface area contributed by atoms with Gasteiger partial charge in [-0.2, -0.15) is 4.68 Å². The number of anilines is 1. The molecular formula is C13H12N6O3S. The Balaban J connectivity index is 1.64. The summed E-state index contributed by atoms with van der Waals surface area (Å²) in [5.41, 5.74) is 1.37. The van der Waals surface area contributed by atoms with E-state index in [0.29, 0.717) is 22.4 Å². The molecule has 9 nitrogen and oxygen atoms in total. The first kappa shape index (κ1) is 15.0. The van der Waals surface area contributed by atoms with Gasteiger partial charge in [0.1, 0.15) is 5.75 Å².